The summed E-state index contributed by atoms with van der Waals surface area (Å²) in [6.45, 7) is 1.14. The topological polar surface area (TPSA) is 12.0 Å². The van der Waals surface area contributed by atoms with Gasteiger partial charge in [0.25, 0.3) is 0 Å². The van der Waals surface area contributed by atoms with Crippen LogP contribution in [0.4, 0.5) is 5.00 Å². The summed E-state index contributed by atoms with van der Waals surface area (Å²) in [4.78, 5) is 0. The lowest BCUT2D eigenvalue weighted by atomic mass is 10.1. The Morgan fingerprint density at radius 3 is 3.15 bits per heavy atom. The fourth-order valence-corrected chi connectivity index (χ4v) is 3.13. The van der Waals surface area contributed by atoms with Crippen LogP contribution >= 0.6 is 11.3 Å². The molecule has 0 fully saturated rings. The second kappa shape index (κ2) is 2.74. The molecule has 1 aliphatic rings. The first-order chi connectivity index (χ1) is 6.45. The molecule has 0 radical (unpaired) electrons. The molecule has 0 unspecified atom stereocenters. The van der Waals surface area contributed by atoms with Crippen LogP contribution in [0.25, 0.3) is 10.1 Å². The summed E-state index contributed by atoms with van der Waals surface area (Å²) in [5, 5.41) is 6.32. The lowest BCUT2D eigenvalue weighted by molar-refractivity contribution is 0.843. The van der Waals surface area contributed by atoms with Gasteiger partial charge in [-0.15, -0.1) is 11.3 Å². The molecule has 66 valence electrons. The quantitative estimate of drug-likeness (QED) is 0.670. The molecule has 3 rings (SSSR count). The fourth-order valence-electron chi connectivity index (χ4n) is 1.96. The van der Waals surface area contributed by atoms with Crippen molar-refractivity contribution in [2.24, 2.45) is 0 Å². The SMILES string of the molecule is c1ccc2c3c(sc2c1)NCCC3. The second-order valence-electron chi connectivity index (χ2n) is 3.44. The van der Waals surface area contributed by atoms with Crippen molar-refractivity contribution in [3.8, 4) is 0 Å². The van der Waals surface area contributed by atoms with E-state index < -0.39 is 0 Å². The standard InChI is InChI=1S/C11H11NS/c1-2-6-10-8(4-1)9-5-3-7-12-11(9)13-10/h1-2,4,6,12H,3,5,7H2. The van der Waals surface area contributed by atoms with E-state index in [4.69, 9.17) is 0 Å². The van der Waals surface area contributed by atoms with Gasteiger partial charge < -0.3 is 5.32 Å². The Kier molecular flexibility index (Phi) is 1.56. The van der Waals surface area contributed by atoms with Crippen LogP contribution in [0.1, 0.15) is 12.0 Å². The first kappa shape index (κ1) is 7.39. The smallest absolute Gasteiger partial charge is 0.0927 e. The van der Waals surface area contributed by atoms with Crippen molar-refractivity contribution in [3.05, 3.63) is 29.8 Å². The highest BCUT2D eigenvalue weighted by Crippen LogP contribution is 2.37. The average molecular weight is 189 g/mol. The van der Waals surface area contributed by atoms with Crippen LogP contribution in [0.3, 0.4) is 0 Å². The molecule has 1 aromatic carbocycles. The molecule has 1 aliphatic heterocycles. The van der Waals surface area contributed by atoms with Gasteiger partial charge in [0, 0.05) is 11.2 Å². The van der Waals surface area contributed by atoms with E-state index >= 15 is 0 Å². The van der Waals surface area contributed by atoms with Crippen LogP contribution in [-0.4, -0.2) is 6.54 Å². The first-order valence-corrected chi connectivity index (χ1v) is 5.51. The highest BCUT2D eigenvalue weighted by Gasteiger charge is 2.14. The van der Waals surface area contributed by atoms with Gasteiger partial charge in [0.05, 0.1) is 5.00 Å². The van der Waals surface area contributed by atoms with Crippen molar-refractivity contribution in [3.63, 3.8) is 0 Å². The number of rotatable bonds is 0. The third-order valence-electron chi connectivity index (χ3n) is 2.59. The minimum Gasteiger partial charge on any atom is -0.377 e. The third-order valence-corrected chi connectivity index (χ3v) is 3.76. The number of aryl methyl sites for hydroxylation is 1. The average Bonchev–Trinajstić information content (AvgIpc) is 2.56. The van der Waals surface area contributed by atoms with Gasteiger partial charge in [0.15, 0.2) is 0 Å². The van der Waals surface area contributed by atoms with Crippen LogP contribution in [0.2, 0.25) is 0 Å². The summed E-state index contributed by atoms with van der Waals surface area (Å²) in [6, 6.07) is 8.69. The maximum absolute atomic E-state index is 3.47. The van der Waals surface area contributed by atoms with Crippen molar-refractivity contribution in [1.29, 1.82) is 0 Å². The lowest BCUT2D eigenvalue weighted by Crippen LogP contribution is -2.08. The predicted molar refractivity (Wildman–Crippen MR) is 58.6 cm³/mol. The van der Waals surface area contributed by atoms with Crippen molar-refractivity contribution in [1.82, 2.24) is 0 Å². The molecule has 0 amide bonds. The number of hydrogen-bond acceptors (Lipinski definition) is 2. The Morgan fingerprint density at radius 1 is 1.23 bits per heavy atom. The highest BCUT2D eigenvalue weighted by molar-refractivity contribution is 7.23. The van der Waals surface area contributed by atoms with Crippen LogP contribution < -0.4 is 5.32 Å². The molecule has 0 spiro atoms. The second-order valence-corrected chi connectivity index (χ2v) is 4.49. The minimum absolute atomic E-state index is 1.14. The zero-order valence-corrected chi connectivity index (χ0v) is 8.16. The zero-order chi connectivity index (χ0) is 8.67. The van der Waals surface area contributed by atoms with Gasteiger partial charge in [-0.25, -0.2) is 0 Å². The maximum Gasteiger partial charge on any atom is 0.0927 e. The van der Waals surface area contributed by atoms with Gasteiger partial charge in [-0.1, -0.05) is 18.2 Å². The van der Waals surface area contributed by atoms with Crippen molar-refractivity contribution in [2.75, 3.05) is 11.9 Å². The predicted octanol–water partition coefficient (Wildman–Crippen LogP) is 3.26. The Bertz CT molecular complexity index is 444. The number of nitrogens with one attached hydrogen (secondary N) is 1. The molecule has 2 aromatic rings. The molecule has 1 N–H and O–H groups in total. The molecule has 2 heteroatoms. The van der Waals surface area contributed by atoms with Crippen LogP contribution in [0.5, 0.6) is 0 Å². The normalized spacial score (nSPS) is 15.4. The molecule has 0 aliphatic carbocycles. The highest BCUT2D eigenvalue weighted by atomic mass is 32.1. The Morgan fingerprint density at radius 2 is 2.15 bits per heavy atom. The monoisotopic (exact) mass is 189 g/mol. The molecule has 0 saturated carbocycles. The first-order valence-electron chi connectivity index (χ1n) is 4.69. The fraction of sp³-hybridized carbons (Fsp3) is 0.273. The number of fused-ring (bicyclic) bond motifs is 3. The van der Waals surface area contributed by atoms with E-state index in [0.29, 0.717) is 0 Å². The van der Waals surface area contributed by atoms with Crippen molar-refractivity contribution < 1.29 is 0 Å². The molecule has 13 heavy (non-hydrogen) atoms. The molecular formula is C11H11NS. The number of benzene rings is 1. The molecule has 1 nitrogen and oxygen atoms in total. The Labute approximate surface area is 81.4 Å². The molecular weight excluding hydrogens is 178 g/mol. The van der Waals surface area contributed by atoms with Crippen molar-refractivity contribution >= 4 is 26.4 Å². The van der Waals surface area contributed by atoms with E-state index in [2.05, 4.69) is 29.6 Å². The van der Waals surface area contributed by atoms with E-state index in [-0.39, 0.29) is 0 Å². The molecule has 0 bridgehead atoms. The van der Waals surface area contributed by atoms with Gasteiger partial charge in [-0.3, -0.25) is 0 Å². The molecule has 0 atom stereocenters. The molecule has 1 aromatic heterocycles. The van der Waals surface area contributed by atoms with Crippen LogP contribution in [0, 0.1) is 0 Å². The Balaban J connectivity index is 2.34. The summed E-state index contributed by atoms with van der Waals surface area (Å²) < 4.78 is 1.42. The van der Waals surface area contributed by atoms with Crippen molar-refractivity contribution in [2.45, 2.75) is 12.8 Å². The zero-order valence-electron chi connectivity index (χ0n) is 7.34. The van der Waals surface area contributed by atoms with Gasteiger partial charge in [0.2, 0.25) is 0 Å². The lowest BCUT2D eigenvalue weighted by Gasteiger charge is -2.12. The third kappa shape index (κ3) is 1.05. The minimum atomic E-state index is 1.14. The van der Waals surface area contributed by atoms with E-state index in [1.54, 1.807) is 0 Å². The summed E-state index contributed by atoms with van der Waals surface area (Å²) >= 11 is 1.89. The van der Waals surface area contributed by atoms with Gasteiger partial charge in [0.1, 0.15) is 0 Å². The Hall–Kier alpha value is -1.02. The number of anilines is 1. The van der Waals surface area contributed by atoms with E-state index in [1.807, 2.05) is 11.3 Å². The van der Waals surface area contributed by atoms with Gasteiger partial charge in [-0.2, -0.15) is 0 Å². The van der Waals surface area contributed by atoms with Crippen LogP contribution in [-0.2, 0) is 6.42 Å². The number of hydrogen-bond donors (Lipinski definition) is 1. The van der Waals surface area contributed by atoms with E-state index in [9.17, 15) is 0 Å². The van der Waals surface area contributed by atoms with Gasteiger partial charge >= 0.3 is 0 Å². The molecule has 0 saturated heterocycles. The molecule has 2 heterocycles. The largest absolute Gasteiger partial charge is 0.377 e. The summed E-state index contributed by atoms with van der Waals surface area (Å²) in [5.41, 5.74) is 1.53. The summed E-state index contributed by atoms with van der Waals surface area (Å²) in [6.07, 6.45) is 2.51. The van der Waals surface area contributed by atoms with E-state index in [1.165, 1.54) is 33.5 Å². The van der Waals surface area contributed by atoms with E-state index in [0.717, 1.165) is 6.54 Å². The summed E-state index contributed by atoms with van der Waals surface area (Å²) in [5.74, 6) is 0. The van der Waals surface area contributed by atoms with Crippen LogP contribution in [0.15, 0.2) is 24.3 Å². The number of thiophene rings is 1. The van der Waals surface area contributed by atoms with Gasteiger partial charge in [-0.05, 0) is 29.9 Å². The maximum atomic E-state index is 3.47. The summed E-state index contributed by atoms with van der Waals surface area (Å²) in [7, 11) is 0.